The SMILES string of the molecule is COc1ccc(N2C(=O)C(=O)/C(=C(/O)c3ccc(OC)c(C(C)(C)C)c3)C2c2cn(C)c3ccccc23)cc1. The van der Waals surface area contributed by atoms with Crippen molar-refractivity contribution in [2.24, 2.45) is 7.05 Å². The number of rotatable bonds is 5. The number of carbonyl (C=O) groups excluding carboxylic acids is 2. The van der Waals surface area contributed by atoms with Crippen molar-refractivity contribution < 1.29 is 24.2 Å². The lowest BCUT2D eigenvalue weighted by atomic mass is 9.84. The van der Waals surface area contributed by atoms with E-state index in [1.165, 1.54) is 4.90 Å². The molecule has 39 heavy (non-hydrogen) atoms. The molecule has 5 rings (SSSR count). The van der Waals surface area contributed by atoms with Crippen molar-refractivity contribution in [2.45, 2.75) is 32.2 Å². The Bertz CT molecular complexity index is 1620. The zero-order valence-corrected chi connectivity index (χ0v) is 23.0. The summed E-state index contributed by atoms with van der Waals surface area (Å²) in [6, 6.07) is 19.3. The van der Waals surface area contributed by atoms with Gasteiger partial charge >= 0.3 is 0 Å². The molecule has 0 bridgehead atoms. The Morgan fingerprint density at radius 1 is 0.923 bits per heavy atom. The second-order valence-corrected chi connectivity index (χ2v) is 10.7. The van der Waals surface area contributed by atoms with E-state index in [-0.39, 0.29) is 16.7 Å². The first-order valence-corrected chi connectivity index (χ1v) is 12.7. The van der Waals surface area contributed by atoms with E-state index in [2.05, 4.69) is 0 Å². The Hall–Kier alpha value is -4.52. The van der Waals surface area contributed by atoms with E-state index in [0.29, 0.717) is 22.7 Å². The molecule has 200 valence electrons. The third-order valence-electron chi connectivity index (χ3n) is 7.30. The number of amides is 1. The van der Waals surface area contributed by atoms with E-state index < -0.39 is 17.7 Å². The predicted octanol–water partition coefficient (Wildman–Crippen LogP) is 6.12. The zero-order valence-electron chi connectivity index (χ0n) is 23.0. The fraction of sp³-hybridized carbons (Fsp3) is 0.250. The summed E-state index contributed by atoms with van der Waals surface area (Å²) < 4.78 is 12.8. The Morgan fingerprint density at radius 2 is 1.62 bits per heavy atom. The number of para-hydroxylation sites is 1. The van der Waals surface area contributed by atoms with Gasteiger partial charge in [-0.2, -0.15) is 0 Å². The third-order valence-corrected chi connectivity index (χ3v) is 7.30. The molecule has 0 radical (unpaired) electrons. The molecule has 1 amide bonds. The molecule has 0 aliphatic carbocycles. The van der Waals surface area contributed by atoms with Crippen LogP contribution in [0.3, 0.4) is 0 Å². The van der Waals surface area contributed by atoms with Gasteiger partial charge in [-0.3, -0.25) is 14.5 Å². The normalized spacial score (nSPS) is 17.2. The Labute approximate surface area is 227 Å². The average molecular weight is 525 g/mol. The van der Waals surface area contributed by atoms with E-state index in [1.807, 2.05) is 68.9 Å². The topological polar surface area (TPSA) is 81.0 Å². The van der Waals surface area contributed by atoms with Gasteiger partial charge in [0.25, 0.3) is 11.7 Å². The number of aromatic nitrogens is 1. The number of Topliss-reactive ketones (excluding diaryl/α,β-unsaturated/α-hetero) is 1. The second-order valence-electron chi connectivity index (χ2n) is 10.7. The van der Waals surface area contributed by atoms with Gasteiger partial charge in [0.1, 0.15) is 17.3 Å². The van der Waals surface area contributed by atoms with Crippen LogP contribution >= 0.6 is 0 Å². The van der Waals surface area contributed by atoms with Crippen LogP contribution in [0.25, 0.3) is 16.7 Å². The summed E-state index contributed by atoms with van der Waals surface area (Å²) in [6.45, 7) is 6.15. The van der Waals surface area contributed by atoms with Crippen molar-refractivity contribution in [1.82, 2.24) is 4.57 Å². The van der Waals surface area contributed by atoms with Gasteiger partial charge in [-0.1, -0.05) is 39.0 Å². The van der Waals surface area contributed by atoms with E-state index in [1.54, 1.807) is 50.6 Å². The Morgan fingerprint density at radius 3 is 2.26 bits per heavy atom. The van der Waals surface area contributed by atoms with Crippen LogP contribution in [0.2, 0.25) is 0 Å². The molecule has 7 heteroatoms. The van der Waals surface area contributed by atoms with Gasteiger partial charge in [-0.25, -0.2) is 0 Å². The molecule has 0 spiro atoms. The summed E-state index contributed by atoms with van der Waals surface area (Å²) in [5.41, 5.74) is 3.30. The number of anilines is 1. The molecule has 4 aromatic rings. The van der Waals surface area contributed by atoms with Gasteiger partial charge in [0.2, 0.25) is 0 Å². The van der Waals surface area contributed by atoms with E-state index in [4.69, 9.17) is 9.47 Å². The summed E-state index contributed by atoms with van der Waals surface area (Å²) >= 11 is 0. The molecule has 1 aliphatic heterocycles. The highest BCUT2D eigenvalue weighted by Gasteiger charge is 2.48. The number of ether oxygens (including phenoxy) is 2. The highest BCUT2D eigenvalue weighted by Crippen LogP contribution is 2.45. The number of aryl methyl sites for hydroxylation is 1. The van der Waals surface area contributed by atoms with Crippen molar-refractivity contribution in [3.8, 4) is 11.5 Å². The maximum Gasteiger partial charge on any atom is 0.300 e. The Kier molecular flexibility index (Phi) is 6.46. The van der Waals surface area contributed by atoms with Crippen LogP contribution in [0, 0.1) is 0 Å². The smallest absolute Gasteiger partial charge is 0.300 e. The molecule has 1 aliphatic rings. The fourth-order valence-corrected chi connectivity index (χ4v) is 5.32. The van der Waals surface area contributed by atoms with E-state index >= 15 is 0 Å². The largest absolute Gasteiger partial charge is 0.507 e. The molecule has 1 unspecified atom stereocenters. The number of hydrogen-bond acceptors (Lipinski definition) is 5. The Balaban J connectivity index is 1.78. The van der Waals surface area contributed by atoms with Gasteiger partial charge in [0.15, 0.2) is 0 Å². The number of benzene rings is 3. The number of aliphatic hydroxyl groups is 1. The summed E-state index contributed by atoms with van der Waals surface area (Å²) in [5.74, 6) is -0.359. The molecule has 0 saturated carbocycles. The van der Waals surface area contributed by atoms with Gasteiger partial charge in [-0.15, -0.1) is 0 Å². The minimum atomic E-state index is -0.843. The molecule has 1 fully saturated rings. The van der Waals surface area contributed by atoms with Crippen LogP contribution in [0.15, 0.2) is 78.5 Å². The zero-order chi connectivity index (χ0) is 28.1. The number of aliphatic hydroxyl groups excluding tert-OH is 1. The molecular weight excluding hydrogens is 492 g/mol. The van der Waals surface area contributed by atoms with Crippen LogP contribution in [-0.2, 0) is 22.1 Å². The van der Waals surface area contributed by atoms with Crippen LogP contribution in [0.1, 0.15) is 43.5 Å². The quantitative estimate of drug-likeness (QED) is 0.193. The van der Waals surface area contributed by atoms with Crippen LogP contribution in [-0.4, -0.2) is 35.6 Å². The van der Waals surface area contributed by atoms with Crippen molar-refractivity contribution in [2.75, 3.05) is 19.1 Å². The lowest BCUT2D eigenvalue weighted by Crippen LogP contribution is -2.29. The second kappa shape index (κ2) is 9.66. The highest BCUT2D eigenvalue weighted by molar-refractivity contribution is 6.51. The maximum absolute atomic E-state index is 13.7. The van der Waals surface area contributed by atoms with Gasteiger partial charge in [0, 0.05) is 46.5 Å². The van der Waals surface area contributed by atoms with Crippen molar-refractivity contribution in [3.63, 3.8) is 0 Å². The fourth-order valence-electron chi connectivity index (χ4n) is 5.32. The van der Waals surface area contributed by atoms with Gasteiger partial charge in [-0.05, 0) is 53.9 Å². The maximum atomic E-state index is 13.7. The minimum Gasteiger partial charge on any atom is -0.507 e. The monoisotopic (exact) mass is 524 g/mol. The number of methoxy groups -OCH3 is 2. The number of hydrogen-bond donors (Lipinski definition) is 1. The van der Waals surface area contributed by atoms with Crippen LogP contribution in [0.4, 0.5) is 5.69 Å². The number of carbonyl (C=O) groups is 2. The first-order chi connectivity index (χ1) is 18.6. The highest BCUT2D eigenvalue weighted by atomic mass is 16.5. The third kappa shape index (κ3) is 4.34. The van der Waals surface area contributed by atoms with Gasteiger partial charge < -0.3 is 19.1 Å². The summed E-state index contributed by atoms with van der Waals surface area (Å²) in [5, 5.41) is 12.6. The summed E-state index contributed by atoms with van der Waals surface area (Å²) in [7, 11) is 5.09. The molecule has 3 aromatic carbocycles. The number of nitrogens with zero attached hydrogens (tertiary/aromatic N) is 2. The predicted molar refractivity (Wildman–Crippen MR) is 152 cm³/mol. The molecule has 2 heterocycles. The lowest BCUT2D eigenvalue weighted by molar-refractivity contribution is -0.132. The van der Waals surface area contributed by atoms with Crippen LogP contribution < -0.4 is 14.4 Å². The molecule has 7 nitrogen and oxygen atoms in total. The summed E-state index contributed by atoms with van der Waals surface area (Å²) in [6.07, 6.45) is 1.92. The number of fused-ring (bicyclic) bond motifs is 1. The van der Waals surface area contributed by atoms with Crippen LogP contribution in [0.5, 0.6) is 11.5 Å². The van der Waals surface area contributed by atoms with E-state index in [0.717, 1.165) is 22.0 Å². The average Bonchev–Trinajstić information content (AvgIpc) is 3.40. The minimum absolute atomic E-state index is 0.0391. The van der Waals surface area contributed by atoms with Gasteiger partial charge in [0.05, 0.1) is 25.8 Å². The number of ketones is 1. The first-order valence-electron chi connectivity index (χ1n) is 12.7. The molecule has 1 N–H and O–H groups in total. The van der Waals surface area contributed by atoms with Crippen molar-refractivity contribution in [3.05, 3.63) is 95.2 Å². The lowest BCUT2D eigenvalue weighted by Gasteiger charge is -2.26. The first kappa shape index (κ1) is 26.1. The summed E-state index contributed by atoms with van der Waals surface area (Å²) in [4.78, 5) is 28.8. The molecule has 1 saturated heterocycles. The molecular formula is C32H32N2O5. The molecule has 1 atom stereocenters. The van der Waals surface area contributed by atoms with Crippen molar-refractivity contribution >= 4 is 34.0 Å². The van der Waals surface area contributed by atoms with Crippen molar-refractivity contribution in [1.29, 1.82) is 0 Å². The van der Waals surface area contributed by atoms with E-state index in [9.17, 15) is 14.7 Å². The molecule has 1 aromatic heterocycles. The standard InChI is InChI=1S/C32H32N2O5/c1-32(2,3)24-17-19(11-16-26(24)39-6)29(35)27-28(23-18-33(4)25-10-8-7-9-22(23)25)34(31(37)30(27)36)20-12-14-21(38-5)15-13-20/h7-18,28,35H,1-6H3/b29-27+.